The molecule has 1 amide bonds. The summed E-state index contributed by atoms with van der Waals surface area (Å²) in [5, 5.41) is 4.13. The molecule has 1 aliphatic heterocycles. The zero-order chi connectivity index (χ0) is 12.6. The van der Waals surface area contributed by atoms with Crippen molar-refractivity contribution < 1.29 is 4.79 Å². The van der Waals surface area contributed by atoms with Crippen LogP contribution < -0.4 is 0 Å². The van der Waals surface area contributed by atoms with Gasteiger partial charge in [0.2, 0.25) is 0 Å². The Morgan fingerprint density at radius 1 is 1.35 bits per heavy atom. The Morgan fingerprint density at radius 3 is 2.41 bits per heavy atom. The lowest BCUT2D eigenvalue weighted by atomic mass is 9.82. The van der Waals surface area contributed by atoms with Crippen molar-refractivity contribution in [2.45, 2.75) is 33.6 Å². The number of hydrogen-bond acceptors (Lipinski definition) is 2. The molecule has 2 rings (SSSR count). The number of carbonyl (C=O) groups is 1. The molecule has 0 radical (unpaired) electrons. The molecule has 94 valence electrons. The maximum Gasteiger partial charge on any atom is 0.257 e. The smallest absolute Gasteiger partial charge is 0.257 e. The van der Waals surface area contributed by atoms with Crippen LogP contribution in [0.15, 0.2) is 6.20 Å². The molecule has 0 spiro atoms. The van der Waals surface area contributed by atoms with Crippen molar-refractivity contribution in [1.82, 2.24) is 14.7 Å². The molecule has 1 aromatic rings. The van der Waals surface area contributed by atoms with Crippen LogP contribution >= 0.6 is 0 Å². The van der Waals surface area contributed by atoms with Gasteiger partial charge in [-0.25, -0.2) is 0 Å². The molecule has 0 atom stereocenters. The van der Waals surface area contributed by atoms with E-state index in [2.05, 4.69) is 18.9 Å². The molecule has 1 aromatic heterocycles. The topological polar surface area (TPSA) is 38.1 Å². The molecule has 1 saturated heterocycles. The van der Waals surface area contributed by atoms with Crippen LogP contribution in [0.3, 0.4) is 0 Å². The van der Waals surface area contributed by atoms with E-state index in [-0.39, 0.29) is 5.91 Å². The quantitative estimate of drug-likeness (QED) is 0.746. The normalized spacial score (nSPS) is 19.4. The second-order valence-electron chi connectivity index (χ2n) is 5.72. The lowest BCUT2D eigenvalue weighted by Gasteiger charge is -2.36. The van der Waals surface area contributed by atoms with E-state index in [4.69, 9.17) is 0 Å². The molecule has 1 aliphatic rings. The first kappa shape index (κ1) is 12.1. The minimum atomic E-state index is 0.131. The van der Waals surface area contributed by atoms with Crippen LogP contribution in [-0.4, -0.2) is 33.7 Å². The molecular formula is C13H21N3O. The van der Waals surface area contributed by atoms with Crippen molar-refractivity contribution in [3.05, 3.63) is 17.5 Å². The summed E-state index contributed by atoms with van der Waals surface area (Å²) in [4.78, 5) is 14.3. The Balaban J connectivity index is 2.10. The predicted molar refractivity (Wildman–Crippen MR) is 66.9 cm³/mol. The van der Waals surface area contributed by atoms with Gasteiger partial charge in [-0.05, 0) is 25.2 Å². The zero-order valence-electron chi connectivity index (χ0n) is 11.2. The highest BCUT2D eigenvalue weighted by molar-refractivity contribution is 5.95. The number of amides is 1. The SMILES string of the molecule is Cc1c(C(=O)N2CCC(C)(C)CC2)cnn1C. The number of hydrogen-bond donors (Lipinski definition) is 0. The summed E-state index contributed by atoms with van der Waals surface area (Å²) in [7, 11) is 1.87. The summed E-state index contributed by atoms with van der Waals surface area (Å²) in [6, 6.07) is 0. The van der Waals surface area contributed by atoms with E-state index in [9.17, 15) is 4.79 Å². The Kier molecular flexibility index (Phi) is 2.98. The fourth-order valence-electron chi connectivity index (χ4n) is 2.19. The number of piperidine rings is 1. The standard InChI is InChI=1S/C13H21N3O/c1-10-11(9-14-15(10)4)12(17)16-7-5-13(2,3)6-8-16/h9H,5-8H2,1-4H3. The van der Waals surface area contributed by atoms with E-state index >= 15 is 0 Å². The Hall–Kier alpha value is -1.32. The Morgan fingerprint density at radius 2 is 1.94 bits per heavy atom. The van der Waals surface area contributed by atoms with Gasteiger partial charge in [-0.3, -0.25) is 9.48 Å². The fraction of sp³-hybridized carbons (Fsp3) is 0.692. The van der Waals surface area contributed by atoms with Gasteiger partial charge in [0.05, 0.1) is 11.8 Å². The molecule has 0 aliphatic carbocycles. The highest BCUT2D eigenvalue weighted by Gasteiger charge is 2.29. The molecule has 4 nitrogen and oxygen atoms in total. The third-order valence-electron chi connectivity index (χ3n) is 3.87. The maximum absolute atomic E-state index is 12.3. The number of aromatic nitrogens is 2. The third-order valence-corrected chi connectivity index (χ3v) is 3.87. The highest BCUT2D eigenvalue weighted by atomic mass is 16.2. The highest BCUT2D eigenvalue weighted by Crippen LogP contribution is 2.30. The van der Waals surface area contributed by atoms with Crippen LogP contribution in [0.4, 0.5) is 0 Å². The minimum Gasteiger partial charge on any atom is -0.339 e. The van der Waals surface area contributed by atoms with Crippen LogP contribution in [-0.2, 0) is 7.05 Å². The number of likely N-dealkylation sites (tertiary alicyclic amines) is 1. The summed E-state index contributed by atoms with van der Waals surface area (Å²) in [6.45, 7) is 8.20. The lowest BCUT2D eigenvalue weighted by molar-refractivity contribution is 0.0629. The van der Waals surface area contributed by atoms with Crippen molar-refractivity contribution in [2.75, 3.05) is 13.1 Å². The second kappa shape index (κ2) is 4.17. The number of nitrogens with zero attached hydrogens (tertiary/aromatic N) is 3. The first-order chi connectivity index (χ1) is 7.91. The summed E-state index contributed by atoms with van der Waals surface area (Å²) < 4.78 is 1.75. The molecule has 4 heteroatoms. The average Bonchev–Trinajstić information content (AvgIpc) is 2.59. The minimum absolute atomic E-state index is 0.131. The molecule has 0 saturated carbocycles. The average molecular weight is 235 g/mol. The van der Waals surface area contributed by atoms with Gasteiger partial charge in [-0.15, -0.1) is 0 Å². The van der Waals surface area contributed by atoms with E-state index in [0.29, 0.717) is 5.41 Å². The van der Waals surface area contributed by atoms with Crippen LogP contribution in [0, 0.1) is 12.3 Å². The van der Waals surface area contributed by atoms with Crippen LogP contribution in [0.1, 0.15) is 42.7 Å². The lowest BCUT2D eigenvalue weighted by Crippen LogP contribution is -2.41. The second-order valence-corrected chi connectivity index (χ2v) is 5.72. The van der Waals surface area contributed by atoms with Gasteiger partial charge in [-0.2, -0.15) is 5.10 Å². The molecule has 0 unspecified atom stereocenters. The van der Waals surface area contributed by atoms with Crippen LogP contribution in [0.5, 0.6) is 0 Å². The largest absolute Gasteiger partial charge is 0.339 e. The van der Waals surface area contributed by atoms with Crippen molar-refractivity contribution in [3.63, 3.8) is 0 Å². The number of carbonyl (C=O) groups excluding carboxylic acids is 1. The number of aryl methyl sites for hydroxylation is 1. The van der Waals surface area contributed by atoms with Gasteiger partial charge < -0.3 is 4.90 Å². The van der Waals surface area contributed by atoms with E-state index in [1.807, 2.05) is 18.9 Å². The van der Waals surface area contributed by atoms with Gasteiger partial charge in [0, 0.05) is 25.8 Å². The third kappa shape index (κ3) is 2.35. The maximum atomic E-state index is 12.3. The predicted octanol–water partition coefficient (Wildman–Crippen LogP) is 1.99. The molecule has 17 heavy (non-hydrogen) atoms. The van der Waals surface area contributed by atoms with Gasteiger partial charge in [0.15, 0.2) is 0 Å². The van der Waals surface area contributed by atoms with E-state index in [1.165, 1.54) is 0 Å². The molecule has 0 bridgehead atoms. The van der Waals surface area contributed by atoms with Crippen LogP contribution in [0.2, 0.25) is 0 Å². The monoisotopic (exact) mass is 235 g/mol. The first-order valence-corrected chi connectivity index (χ1v) is 6.18. The van der Waals surface area contributed by atoms with E-state index in [1.54, 1.807) is 10.9 Å². The molecule has 2 heterocycles. The van der Waals surface area contributed by atoms with Gasteiger partial charge in [-0.1, -0.05) is 13.8 Å². The van der Waals surface area contributed by atoms with Crippen molar-refractivity contribution >= 4 is 5.91 Å². The summed E-state index contributed by atoms with van der Waals surface area (Å²) in [5.74, 6) is 0.131. The molecule has 0 aromatic carbocycles. The summed E-state index contributed by atoms with van der Waals surface area (Å²) >= 11 is 0. The first-order valence-electron chi connectivity index (χ1n) is 6.18. The Labute approximate surface area is 103 Å². The fourth-order valence-corrected chi connectivity index (χ4v) is 2.19. The molecule has 0 N–H and O–H groups in total. The summed E-state index contributed by atoms with van der Waals surface area (Å²) in [6.07, 6.45) is 3.84. The van der Waals surface area contributed by atoms with Crippen molar-refractivity contribution in [1.29, 1.82) is 0 Å². The van der Waals surface area contributed by atoms with Gasteiger partial charge in [0.1, 0.15) is 0 Å². The van der Waals surface area contributed by atoms with Crippen molar-refractivity contribution in [3.8, 4) is 0 Å². The number of rotatable bonds is 1. The molecule has 1 fully saturated rings. The van der Waals surface area contributed by atoms with Gasteiger partial charge in [0.25, 0.3) is 5.91 Å². The molecular weight excluding hydrogens is 214 g/mol. The van der Waals surface area contributed by atoms with E-state index in [0.717, 1.165) is 37.2 Å². The van der Waals surface area contributed by atoms with E-state index < -0.39 is 0 Å². The zero-order valence-corrected chi connectivity index (χ0v) is 11.2. The van der Waals surface area contributed by atoms with Gasteiger partial charge >= 0.3 is 0 Å². The van der Waals surface area contributed by atoms with Crippen LogP contribution in [0.25, 0.3) is 0 Å². The summed E-state index contributed by atoms with van der Waals surface area (Å²) in [5.41, 5.74) is 2.06. The van der Waals surface area contributed by atoms with Crippen molar-refractivity contribution in [2.24, 2.45) is 12.5 Å². The Bertz CT molecular complexity index is 424.